The third kappa shape index (κ3) is 184. The predicted molar refractivity (Wildman–Crippen MR) is 19.0 cm³/mol. The van der Waals surface area contributed by atoms with Crippen molar-refractivity contribution in [1.29, 1.82) is 0 Å². The smallest absolute Gasteiger partial charge is 1.00 e. The van der Waals surface area contributed by atoms with Gasteiger partial charge in [0.25, 0.3) is 0 Å². The molecule has 0 atom stereocenters. The molecule has 0 aromatic heterocycles. The Hall–Kier alpha value is 0.560. The van der Waals surface area contributed by atoms with Crippen LogP contribution < -0.4 is 29.6 Å². The summed E-state index contributed by atoms with van der Waals surface area (Å²) >= 11 is 0. The molecule has 0 aliphatic rings. The Balaban J connectivity index is -0.0000000150. The predicted octanol–water partition coefficient (Wildman–Crippen LogP) is -2.24. The topological polar surface area (TPSA) is 57.5 Å². The number of carboxylic acid groups (broad SMARTS) is 2. The molecule has 0 saturated heterocycles. The molecule has 0 aromatic carbocycles. The van der Waals surface area contributed by atoms with Crippen LogP contribution in [-0.4, -0.2) is 16.4 Å². The molecule has 0 aliphatic heterocycles. The second kappa shape index (κ2) is 9.12. The molecule has 0 radical (unpaired) electrons. The van der Waals surface area contributed by atoms with Crippen LogP contribution in [0.5, 0.6) is 0 Å². The molecular formula is CH4ClNaO3. The van der Waals surface area contributed by atoms with E-state index in [0.29, 0.717) is 0 Å². The summed E-state index contributed by atoms with van der Waals surface area (Å²) in [7, 11) is 0. The molecule has 0 saturated carbocycles. The van der Waals surface area contributed by atoms with E-state index in [4.69, 9.17) is 15.0 Å². The van der Waals surface area contributed by atoms with Crippen molar-refractivity contribution in [2.75, 3.05) is 0 Å². The number of halogens is 1. The van der Waals surface area contributed by atoms with Crippen LogP contribution in [0.2, 0.25) is 0 Å². The van der Waals surface area contributed by atoms with Crippen molar-refractivity contribution in [3.05, 3.63) is 0 Å². The third-order valence-corrected chi connectivity index (χ3v) is 0. The van der Waals surface area contributed by atoms with Gasteiger partial charge in [0.1, 0.15) is 0 Å². The second-order valence-corrected chi connectivity index (χ2v) is 0.283. The fourth-order valence-corrected chi connectivity index (χ4v) is 0. The zero-order chi connectivity index (χ0) is 3.58. The average molecular weight is 122 g/mol. The Morgan fingerprint density at radius 3 is 1.50 bits per heavy atom. The van der Waals surface area contributed by atoms with Gasteiger partial charge in [0, 0.05) is 0 Å². The molecule has 0 fully saturated rings. The molecule has 3 nitrogen and oxygen atoms in total. The summed E-state index contributed by atoms with van der Waals surface area (Å²) < 4.78 is 0. The zero-order valence-corrected chi connectivity index (χ0v) is 6.03. The van der Waals surface area contributed by atoms with Gasteiger partial charge in [-0.05, 0) is 0 Å². The number of hydrogen-bond donors (Lipinski definition) is 2. The van der Waals surface area contributed by atoms with Crippen LogP contribution in [-0.2, 0) is 0 Å². The Kier molecular flexibility index (Phi) is 24.3. The van der Waals surface area contributed by atoms with Crippen molar-refractivity contribution in [3.63, 3.8) is 0 Å². The monoisotopic (exact) mass is 122 g/mol. The van der Waals surface area contributed by atoms with Crippen LogP contribution in [0.15, 0.2) is 0 Å². The van der Waals surface area contributed by atoms with E-state index in [9.17, 15) is 0 Å². The van der Waals surface area contributed by atoms with Crippen molar-refractivity contribution >= 4 is 18.6 Å². The van der Waals surface area contributed by atoms with Gasteiger partial charge in [-0.25, -0.2) is 4.79 Å². The molecule has 0 aliphatic carbocycles. The van der Waals surface area contributed by atoms with E-state index in [1.807, 2.05) is 0 Å². The van der Waals surface area contributed by atoms with E-state index >= 15 is 0 Å². The quantitative estimate of drug-likeness (QED) is 0.357. The van der Waals surface area contributed by atoms with Crippen molar-refractivity contribution in [1.82, 2.24) is 0 Å². The van der Waals surface area contributed by atoms with Gasteiger partial charge in [0.05, 0.1) is 0 Å². The van der Waals surface area contributed by atoms with Gasteiger partial charge in [0.2, 0.25) is 0 Å². The summed E-state index contributed by atoms with van der Waals surface area (Å²) in [5, 5.41) is 13.9. The van der Waals surface area contributed by atoms with E-state index < -0.39 is 6.16 Å². The molecule has 0 bridgehead atoms. The van der Waals surface area contributed by atoms with Crippen molar-refractivity contribution in [3.8, 4) is 0 Å². The summed E-state index contributed by atoms with van der Waals surface area (Å²) in [5.74, 6) is 0. The normalized spacial score (nSPS) is 4.00. The minimum absolute atomic E-state index is 0. The van der Waals surface area contributed by atoms with E-state index in [2.05, 4.69) is 0 Å². The molecule has 34 valence electrons. The molecule has 0 unspecified atom stereocenters. The fourth-order valence-electron chi connectivity index (χ4n) is 0. The number of rotatable bonds is 0. The minimum atomic E-state index is -1.83. The summed E-state index contributed by atoms with van der Waals surface area (Å²) in [6.45, 7) is 0. The first kappa shape index (κ1) is 16.0. The first-order valence-electron chi connectivity index (χ1n) is 0.651. The molecule has 0 aromatic rings. The Morgan fingerprint density at radius 1 is 1.50 bits per heavy atom. The van der Waals surface area contributed by atoms with Crippen LogP contribution in [0, 0.1) is 0 Å². The maximum atomic E-state index is 8.56. The SMILES string of the molecule is Cl.O=C(O)O.[H-].[Na+]. The summed E-state index contributed by atoms with van der Waals surface area (Å²) in [4.78, 5) is 8.56. The van der Waals surface area contributed by atoms with Crippen LogP contribution in [0.25, 0.3) is 0 Å². The molecule has 0 amide bonds. The van der Waals surface area contributed by atoms with Crippen LogP contribution in [0.3, 0.4) is 0 Å². The Morgan fingerprint density at radius 2 is 1.50 bits per heavy atom. The van der Waals surface area contributed by atoms with Crippen molar-refractivity contribution in [2.45, 2.75) is 0 Å². The van der Waals surface area contributed by atoms with Crippen molar-refractivity contribution in [2.24, 2.45) is 0 Å². The van der Waals surface area contributed by atoms with Gasteiger partial charge in [-0.2, -0.15) is 0 Å². The van der Waals surface area contributed by atoms with Gasteiger partial charge < -0.3 is 11.6 Å². The zero-order valence-electron chi connectivity index (χ0n) is 4.21. The number of hydrogen-bond acceptors (Lipinski definition) is 1. The fraction of sp³-hybridized carbons (Fsp3) is 0. The summed E-state index contributed by atoms with van der Waals surface area (Å²) in [6.07, 6.45) is -1.83. The van der Waals surface area contributed by atoms with E-state index in [1.165, 1.54) is 0 Å². The van der Waals surface area contributed by atoms with Crippen LogP contribution in [0.4, 0.5) is 4.79 Å². The van der Waals surface area contributed by atoms with Crippen LogP contribution in [0.1, 0.15) is 1.43 Å². The minimum Gasteiger partial charge on any atom is -1.00 e. The Labute approximate surface area is 64.5 Å². The van der Waals surface area contributed by atoms with E-state index in [0.717, 1.165) is 0 Å². The summed E-state index contributed by atoms with van der Waals surface area (Å²) in [6, 6.07) is 0. The Bertz CT molecular complexity index is 37.9. The van der Waals surface area contributed by atoms with Crippen LogP contribution >= 0.6 is 12.4 Å². The molecule has 2 N–H and O–H groups in total. The van der Waals surface area contributed by atoms with Gasteiger partial charge in [-0.1, -0.05) is 0 Å². The summed E-state index contributed by atoms with van der Waals surface area (Å²) in [5.41, 5.74) is 0. The number of carbonyl (C=O) groups is 1. The van der Waals surface area contributed by atoms with Gasteiger partial charge in [0.15, 0.2) is 0 Å². The van der Waals surface area contributed by atoms with E-state index in [1.54, 1.807) is 0 Å². The van der Waals surface area contributed by atoms with Gasteiger partial charge in [-0.15, -0.1) is 12.4 Å². The standard InChI is InChI=1S/CH2O3.ClH.Na.H/c2-1(3)4;;;/h(H2,2,3,4);1H;;/q;;+1;-1. The first-order chi connectivity index (χ1) is 1.73. The molecular weight excluding hydrogens is 118 g/mol. The molecule has 5 heteroatoms. The second-order valence-electron chi connectivity index (χ2n) is 0.283. The molecule has 0 heterocycles. The van der Waals surface area contributed by atoms with Crippen molar-refractivity contribution < 1.29 is 46.0 Å². The van der Waals surface area contributed by atoms with Gasteiger partial charge >= 0.3 is 35.7 Å². The average Bonchev–Trinajstić information content (AvgIpc) is 0.811. The van der Waals surface area contributed by atoms with E-state index in [-0.39, 0.29) is 43.4 Å². The van der Waals surface area contributed by atoms with Gasteiger partial charge in [-0.3, -0.25) is 0 Å². The maximum absolute atomic E-state index is 8.56. The molecule has 0 spiro atoms. The molecule has 0 rings (SSSR count). The molecule has 6 heavy (non-hydrogen) atoms. The first-order valence-corrected chi connectivity index (χ1v) is 0.651. The largest absolute Gasteiger partial charge is 1.00 e. The maximum Gasteiger partial charge on any atom is 1.00 e. The third-order valence-electron chi connectivity index (χ3n) is 0.